The van der Waals surface area contributed by atoms with Crippen LogP contribution in [-0.2, 0) is 4.74 Å². The predicted molar refractivity (Wildman–Crippen MR) is 82.0 cm³/mol. The lowest BCUT2D eigenvalue weighted by Gasteiger charge is -2.34. The van der Waals surface area contributed by atoms with Crippen LogP contribution in [0.2, 0.25) is 0 Å². The number of alkyl carbamates (subject to hydrolysis) is 1. The normalized spacial score (nSPS) is 22.4. The SMILES string of the molecule is CCN1CCCC(NC(C)CNC(=O)OC(C)(C)C)C1. The number of likely N-dealkylation sites (tertiary alicyclic amines) is 1. The van der Waals surface area contributed by atoms with Crippen molar-refractivity contribution in [3.8, 4) is 0 Å². The maximum absolute atomic E-state index is 11.6. The second-order valence-corrected chi connectivity index (χ2v) is 6.68. The fourth-order valence-electron chi connectivity index (χ4n) is 2.49. The van der Waals surface area contributed by atoms with Gasteiger partial charge in [-0.1, -0.05) is 6.92 Å². The minimum Gasteiger partial charge on any atom is -0.444 e. The highest BCUT2D eigenvalue weighted by molar-refractivity contribution is 5.67. The highest BCUT2D eigenvalue weighted by atomic mass is 16.6. The number of nitrogens with zero attached hydrogens (tertiary/aromatic N) is 1. The van der Waals surface area contributed by atoms with E-state index in [1.165, 1.54) is 19.4 Å². The smallest absolute Gasteiger partial charge is 0.407 e. The van der Waals surface area contributed by atoms with Crippen molar-refractivity contribution in [3.63, 3.8) is 0 Å². The summed E-state index contributed by atoms with van der Waals surface area (Å²) in [5.41, 5.74) is -0.439. The fraction of sp³-hybridized carbons (Fsp3) is 0.933. The lowest BCUT2D eigenvalue weighted by atomic mass is 10.0. The van der Waals surface area contributed by atoms with E-state index in [1.54, 1.807) is 0 Å². The van der Waals surface area contributed by atoms with Gasteiger partial charge in [-0.25, -0.2) is 4.79 Å². The number of likely N-dealkylation sites (N-methyl/N-ethyl adjacent to an activating group) is 1. The van der Waals surface area contributed by atoms with Gasteiger partial charge in [-0.3, -0.25) is 0 Å². The second kappa shape index (κ2) is 7.84. The van der Waals surface area contributed by atoms with Crippen LogP contribution in [0.1, 0.15) is 47.5 Å². The lowest BCUT2D eigenvalue weighted by molar-refractivity contribution is 0.0521. The van der Waals surface area contributed by atoms with Crippen molar-refractivity contribution in [2.75, 3.05) is 26.2 Å². The van der Waals surface area contributed by atoms with Crippen molar-refractivity contribution in [2.45, 2.75) is 65.1 Å². The summed E-state index contributed by atoms with van der Waals surface area (Å²) in [6.45, 7) is 13.9. The van der Waals surface area contributed by atoms with Crippen LogP contribution >= 0.6 is 0 Å². The van der Waals surface area contributed by atoms with E-state index < -0.39 is 5.60 Å². The monoisotopic (exact) mass is 285 g/mol. The molecule has 0 radical (unpaired) electrons. The quantitative estimate of drug-likeness (QED) is 0.811. The van der Waals surface area contributed by atoms with Crippen molar-refractivity contribution in [1.29, 1.82) is 0 Å². The molecule has 0 bridgehead atoms. The van der Waals surface area contributed by atoms with Gasteiger partial charge in [0.2, 0.25) is 0 Å². The molecule has 0 saturated carbocycles. The van der Waals surface area contributed by atoms with E-state index in [0.29, 0.717) is 12.6 Å². The van der Waals surface area contributed by atoms with Gasteiger partial charge in [-0.05, 0) is 53.6 Å². The Kier molecular flexibility index (Phi) is 6.76. The van der Waals surface area contributed by atoms with Crippen LogP contribution in [0.25, 0.3) is 0 Å². The predicted octanol–water partition coefficient (Wildman–Crippen LogP) is 1.97. The Bertz CT molecular complexity index is 302. The summed E-state index contributed by atoms with van der Waals surface area (Å²) in [6.07, 6.45) is 2.12. The summed E-state index contributed by atoms with van der Waals surface area (Å²) in [5, 5.41) is 6.41. The number of hydrogen-bond acceptors (Lipinski definition) is 4. The molecule has 0 aromatic heterocycles. The number of nitrogens with one attached hydrogen (secondary N) is 2. The van der Waals surface area contributed by atoms with Crippen LogP contribution in [0.3, 0.4) is 0 Å². The number of carbonyl (C=O) groups excluding carboxylic acids is 1. The van der Waals surface area contributed by atoms with Gasteiger partial charge in [0.15, 0.2) is 0 Å². The summed E-state index contributed by atoms with van der Waals surface area (Å²) < 4.78 is 5.23. The molecule has 1 amide bonds. The third-order valence-electron chi connectivity index (χ3n) is 3.42. The number of rotatable bonds is 5. The minimum atomic E-state index is -0.439. The second-order valence-electron chi connectivity index (χ2n) is 6.68. The first-order chi connectivity index (χ1) is 9.30. The summed E-state index contributed by atoms with van der Waals surface area (Å²) in [6, 6.07) is 0.781. The van der Waals surface area contributed by atoms with E-state index in [9.17, 15) is 4.79 Å². The third-order valence-corrected chi connectivity index (χ3v) is 3.42. The van der Waals surface area contributed by atoms with Crippen LogP contribution in [0, 0.1) is 0 Å². The fourth-order valence-corrected chi connectivity index (χ4v) is 2.49. The molecule has 118 valence electrons. The van der Waals surface area contributed by atoms with Gasteiger partial charge in [-0.2, -0.15) is 0 Å². The van der Waals surface area contributed by atoms with E-state index in [0.717, 1.165) is 13.1 Å². The molecule has 20 heavy (non-hydrogen) atoms. The Morgan fingerprint density at radius 2 is 2.15 bits per heavy atom. The first-order valence-corrected chi connectivity index (χ1v) is 7.75. The Hall–Kier alpha value is -0.810. The van der Waals surface area contributed by atoms with Gasteiger partial charge in [0, 0.05) is 25.2 Å². The average molecular weight is 285 g/mol. The van der Waals surface area contributed by atoms with Crippen molar-refractivity contribution >= 4 is 6.09 Å². The van der Waals surface area contributed by atoms with Crippen LogP contribution in [0.15, 0.2) is 0 Å². The zero-order valence-corrected chi connectivity index (χ0v) is 13.7. The van der Waals surface area contributed by atoms with E-state index in [-0.39, 0.29) is 12.1 Å². The molecule has 2 atom stereocenters. The molecule has 0 spiro atoms. The lowest BCUT2D eigenvalue weighted by Crippen LogP contribution is -2.51. The van der Waals surface area contributed by atoms with Crippen molar-refractivity contribution in [1.82, 2.24) is 15.5 Å². The standard InChI is InChI=1S/C15H31N3O2/c1-6-18-9-7-8-13(11-18)17-12(2)10-16-14(19)20-15(3,4)5/h12-13,17H,6-11H2,1-5H3,(H,16,19). The average Bonchev–Trinajstić information content (AvgIpc) is 2.34. The van der Waals surface area contributed by atoms with Crippen molar-refractivity contribution < 1.29 is 9.53 Å². The Morgan fingerprint density at radius 3 is 2.75 bits per heavy atom. The molecule has 0 aliphatic carbocycles. The topological polar surface area (TPSA) is 53.6 Å². The van der Waals surface area contributed by atoms with E-state index in [2.05, 4.69) is 29.4 Å². The summed E-state index contributed by atoms with van der Waals surface area (Å²) >= 11 is 0. The zero-order valence-electron chi connectivity index (χ0n) is 13.7. The zero-order chi connectivity index (χ0) is 15.2. The first-order valence-electron chi connectivity index (χ1n) is 7.75. The number of carbonyl (C=O) groups is 1. The van der Waals surface area contributed by atoms with E-state index in [1.807, 2.05) is 20.8 Å². The van der Waals surface area contributed by atoms with Crippen LogP contribution < -0.4 is 10.6 Å². The van der Waals surface area contributed by atoms with Gasteiger partial charge in [0.25, 0.3) is 0 Å². The van der Waals surface area contributed by atoms with Gasteiger partial charge < -0.3 is 20.3 Å². The molecule has 1 rings (SSSR count). The largest absolute Gasteiger partial charge is 0.444 e. The number of piperidine rings is 1. The molecule has 1 aliphatic heterocycles. The van der Waals surface area contributed by atoms with Gasteiger partial charge in [0.05, 0.1) is 0 Å². The Balaban J connectivity index is 2.22. The molecular weight excluding hydrogens is 254 g/mol. The van der Waals surface area contributed by atoms with Crippen molar-refractivity contribution in [3.05, 3.63) is 0 Å². The molecule has 0 aromatic carbocycles. The number of hydrogen-bond donors (Lipinski definition) is 2. The highest BCUT2D eigenvalue weighted by Gasteiger charge is 2.21. The first kappa shape index (κ1) is 17.2. The van der Waals surface area contributed by atoms with Gasteiger partial charge in [-0.15, -0.1) is 0 Å². The molecule has 1 fully saturated rings. The molecule has 1 saturated heterocycles. The van der Waals surface area contributed by atoms with E-state index >= 15 is 0 Å². The maximum atomic E-state index is 11.6. The maximum Gasteiger partial charge on any atom is 0.407 e. The molecule has 5 nitrogen and oxygen atoms in total. The molecule has 2 unspecified atom stereocenters. The minimum absolute atomic E-state index is 0.254. The molecule has 2 N–H and O–H groups in total. The summed E-state index contributed by atoms with van der Waals surface area (Å²) in [7, 11) is 0. The van der Waals surface area contributed by atoms with E-state index in [4.69, 9.17) is 4.74 Å². The molecule has 1 aliphatic rings. The summed E-state index contributed by atoms with van der Waals surface area (Å²) in [4.78, 5) is 14.1. The van der Waals surface area contributed by atoms with Crippen LogP contribution in [-0.4, -0.2) is 54.9 Å². The van der Waals surface area contributed by atoms with Gasteiger partial charge in [0.1, 0.15) is 5.60 Å². The third kappa shape index (κ3) is 7.10. The van der Waals surface area contributed by atoms with Crippen LogP contribution in [0.4, 0.5) is 4.79 Å². The number of amides is 1. The van der Waals surface area contributed by atoms with Crippen molar-refractivity contribution in [2.24, 2.45) is 0 Å². The number of ether oxygens (including phenoxy) is 1. The molecule has 0 aromatic rings. The molecule has 1 heterocycles. The molecular formula is C15H31N3O2. The van der Waals surface area contributed by atoms with Gasteiger partial charge >= 0.3 is 6.09 Å². The Labute approximate surface area is 123 Å². The Morgan fingerprint density at radius 1 is 1.45 bits per heavy atom. The summed E-state index contributed by atoms with van der Waals surface area (Å²) in [5.74, 6) is 0. The molecule has 5 heteroatoms. The highest BCUT2D eigenvalue weighted by Crippen LogP contribution is 2.10. The van der Waals surface area contributed by atoms with Crippen LogP contribution in [0.5, 0.6) is 0 Å².